The topological polar surface area (TPSA) is 15.6 Å². The van der Waals surface area contributed by atoms with E-state index < -0.39 is 0 Å². The Morgan fingerprint density at radius 3 is 2.05 bits per heavy atom. The minimum atomic E-state index is 1.05. The monoisotopic (exact) mass is 330 g/mol. The number of benzene rings is 2. The number of nitrogens with zero attached hydrogens (tertiary/aromatic N) is 2. The molecule has 0 spiro atoms. The molecule has 0 heterocycles. The van der Waals surface area contributed by atoms with Gasteiger partial charge in [-0.15, -0.1) is 0 Å². The predicted octanol–water partition coefficient (Wildman–Crippen LogP) is 4.88. The molecule has 0 radical (unpaired) electrons. The maximum Gasteiger partial charge on any atom is 0.0688 e. The van der Waals surface area contributed by atoms with Crippen LogP contribution < -0.4 is 4.90 Å². The van der Waals surface area contributed by atoms with Crippen LogP contribution in [-0.4, -0.2) is 20.3 Å². The summed E-state index contributed by atoms with van der Waals surface area (Å²) in [7, 11) is 4.08. The van der Waals surface area contributed by atoms with Crippen molar-refractivity contribution in [2.45, 2.75) is 13.8 Å². The highest BCUT2D eigenvalue weighted by molar-refractivity contribution is 9.10. The first-order valence-electron chi connectivity index (χ1n) is 6.55. The fraction of sp³-hybridized carbons (Fsp3) is 0.235. The molecule has 0 N–H and O–H groups in total. The second-order valence-corrected chi connectivity index (χ2v) is 6.05. The van der Waals surface area contributed by atoms with Gasteiger partial charge in [0.25, 0.3) is 0 Å². The number of rotatable bonds is 3. The standard InChI is InChI=1S/C17H19BrN2/c1-12-9-15(18)10-13(2)17(12)19-11-14-5-7-16(8-6-14)20(3)4/h5-11H,1-4H3. The van der Waals surface area contributed by atoms with Gasteiger partial charge in [0, 0.05) is 30.5 Å². The molecule has 2 aromatic rings. The van der Waals surface area contributed by atoms with Crippen LogP contribution in [0.3, 0.4) is 0 Å². The number of halogens is 1. The van der Waals surface area contributed by atoms with Crippen LogP contribution >= 0.6 is 15.9 Å². The summed E-state index contributed by atoms with van der Waals surface area (Å²) in [5, 5.41) is 0. The van der Waals surface area contributed by atoms with Gasteiger partial charge in [-0.05, 0) is 54.8 Å². The first kappa shape index (κ1) is 14.8. The molecule has 104 valence electrons. The molecule has 0 aliphatic carbocycles. The van der Waals surface area contributed by atoms with E-state index in [1.807, 2.05) is 20.3 Å². The van der Waals surface area contributed by atoms with E-state index in [0.29, 0.717) is 0 Å². The molecule has 0 bridgehead atoms. The Balaban J connectivity index is 2.25. The molecule has 0 saturated carbocycles. The fourth-order valence-corrected chi connectivity index (χ4v) is 2.79. The summed E-state index contributed by atoms with van der Waals surface area (Å²) in [6.45, 7) is 4.17. The molecule has 0 saturated heterocycles. The van der Waals surface area contributed by atoms with Crippen molar-refractivity contribution in [3.8, 4) is 0 Å². The predicted molar refractivity (Wildman–Crippen MR) is 91.6 cm³/mol. The summed E-state index contributed by atoms with van der Waals surface area (Å²) in [4.78, 5) is 6.72. The van der Waals surface area contributed by atoms with E-state index in [9.17, 15) is 0 Å². The lowest BCUT2D eigenvalue weighted by molar-refractivity contribution is 1.13. The third kappa shape index (κ3) is 3.48. The van der Waals surface area contributed by atoms with Crippen molar-refractivity contribution in [2.75, 3.05) is 19.0 Å². The third-order valence-electron chi connectivity index (χ3n) is 3.21. The van der Waals surface area contributed by atoms with Crippen molar-refractivity contribution in [3.63, 3.8) is 0 Å². The summed E-state index contributed by atoms with van der Waals surface area (Å²) in [6, 6.07) is 12.6. The van der Waals surface area contributed by atoms with E-state index in [4.69, 9.17) is 0 Å². The van der Waals surface area contributed by atoms with E-state index >= 15 is 0 Å². The molecular formula is C17H19BrN2. The van der Waals surface area contributed by atoms with Gasteiger partial charge in [-0.25, -0.2) is 0 Å². The fourth-order valence-electron chi connectivity index (χ4n) is 2.10. The first-order valence-corrected chi connectivity index (χ1v) is 7.35. The number of anilines is 1. The number of hydrogen-bond acceptors (Lipinski definition) is 2. The molecule has 20 heavy (non-hydrogen) atoms. The van der Waals surface area contributed by atoms with Gasteiger partial charge in [0.15, 0.2) is 0 Å². The van der Waals surface area contributed by atoms with Crippen molar-refractivity contribution in [2.24, 2.45) is 4.99 Å². The number of aliphatic imine (C=N–C) groups is 1. The molecule has 2 aromatic carbocycles. The zero-order valence-electron chi connectivity index (χ0n) is 12.3. The van der Waals surface area contributed by atoms with Crippen LogP contribution in [0.5, 0.6) is 0 Å². The summed E-state index contributed by atoms with van der Waals surface area (Å²) in [5.41, 5.74) is 5.71. The van der Waals surface area contributed by atoms with Crippen LogP contribution in [0.1, 0.15) is 16.7 Å². The van der Waals surface area contributed by atoms with Crippen molar-refractivity contribution in [1.82, 2.24) is 0 Å². The van der Waals surface area contributed by atoms with E-state index in [2.05, 4.69) is 76.1 Å². The van der Waals surface area contributed by atoms with Crippen molar-refractivity contribution in [3.05, 3.63) is 57.6 Å². The van der Waals surface area contributed by atoms with Crippen LogP contribution in [0.2, 0.25) is 0 Å². The number of hydrogen-bond donors (Lipinski definition) is 0. The lowest BCUT2D eigenvalue weighted by atomic mass is 10.1. The maximum absolute atomic E-state index is 4.63. The highest BCUT2D eigenvalue weighted by Gasteiger charge is 2.02. The minimum Gasteiger partial charge on any atom is -0.378 e. The van der Waals surface area contributed by atoms with Gasteiger partial charge >= 0.3 is 0 Å². The number of aryl methyl sites for hydroxylation is 2. The van der Waals surface area contributed by atoms with Crippen LogP contribution in [0.4, 0.5) is 11.4 Å². The molecule has 0 aliphatic rings. The van der Waals surface area contributed by atoms with Gasteiger partial charge in [0.1, 0.15) is 0 Å². The van der Waals surface area contributed by atoms with Gasteiger partial charge in [0.05, 0.1) is 5.69 Å². The Hall–Kier alpha value is -1.61. The Morgan fingerprint density at radius 1 is 1.00 bits per heavy atom. The van der Waals surface area contributed by atoms with Crippen LogP contribution in [0, 0.1) is 13.8 Å². The minimum absolute atomic E-state index is 1.05. The molecule has 0 aromatic heterocycles. The average Bonchev–Trinajstić information content (AvgIpc) is 2.38. The van der Waals surface area contributed by atoms with Gasteiger partial charge in [0.2, 0.25) is 0 Å². The van der Waals surface area contributed by atoms with Gasteiger partial charge in [-0.1, -0.05) is 28.1 Å². The summed E-state index contributed by atoms with van der Waals surface area (Å²) < 4.78 is 1.10. The summed E-state index contributed by atoms with van der Waals surface area (Å²) >= 11 is 3.51. The molecule has 0 fully saturated rings. The molecule has 2 nitrogen and oxygen atoms in total. The van der Waals surface area contributed by atoms with E-state index in [-0.39, 0.29) is 0 Å². The maximum atomic E-state index is 4.63. The molecule has 0 unspecified atom stereocenters. The normalized spacial score (nSPS) is 11.1. The molecule has 0 aliphatic heterocycles. The Bertz CT molecular complexity index is 605. The molecular weight excluding hydrogens is 312 g/mol. The summed E-state index contributed by atoms with van der Waals surface area (Å²) in [5.74, 6) is 0. The van der Waals surface area contributed by atoms with Crippen LogP contribution in [0.25, 0.3) is 0 Å². The zero-order valence-corrected chi connectivity index (χ0v) is 13.9. The SMILES string of the molecule is Cc1cc(Br)cc(C)c1N=Cc1ccc(N(C)C)cc1. The Kier molecular flexibility index (Phi) is 4.61. The van der Waals surface area contributed by atoms with Crippen molar-refractivity contribution >= 4 is 33.5 Å². The lowest BCUT2D eigenvalue weighted by Crippen LogP contribution is -2.08. The second-order valence-electron chi connectivity index (χ2n) is 5.13. The molecule has 3 heteroatoms. The van der Waals surface area contributed by atoms with Gasteiger partial charge < -0.3 is 4.90 Å². The Morgan fingerprint density at radius 2 is 1.55 bits per heavy atom. The quantitative estimate of drug-likeness (QED) is 0.732. The average molecular weight is 331 g/mol. The smallest absolute Gasteiger partial charge is 0.0688 e. The van der Waals surface area contributed by atoms with E-state index in [0.717, 1.165) is 15.7 Å². The van der Waals surface area contributed by atoms with Crippen LogP contribution in [0.15, 0.2) is 45.9 Å². The molecule has 0 atom stereocenters. The third-order valence-corrected chi connectivity index (χ3v) is 3.67. The second kappa shape index (κ2) is 6.23. The lowest BCUT2D eigenvalue weighted by Gasteiger charge is -2.11. The Labute approximate surface area is 129 Å². The largest absolute Gasteiger partial charge is 0.378 e. The first-order chi connectivity index (χ1) is 9.47. The van der Waals surface area contributed by atoms with Gasteiger partial charge in [-0.2, -0.15) is 0 Å². The van der Waals surface area contributed by atoms with Crippen LogP contribution in [-0.2, 0) is 0 Å². The highest BCUT2D eigenvalue weighted by Crippen LogP contribution is 2.27. The summed E-state index contributed by atoms with van der Waals surface area (Å²) in [6.07, 6.45) is 1.92. The van der Waals surface area contributed by atoms with E-state index in [1.165, 1.54) is 16.8 Å². The highest BCUT2D eigenvalue weighted by atomic mass is 79.9. The van der Waals surface area contributed by atoms with E-state index in [1.54, 1.807) is 0 Å². The van der Waals surface area contributed by atoms with Crippen molar-refractivity contribution < 1.29 is 0 Å². The molecule has 0 amide bonds. The molecule has 2 rings (SSSR count). The van der Waals surface area contributed by atoms with Crippen molar-refractivity contribution in [1.29, 1.82) is 0 Å². The zero-order chi connectivity index (χ0) is 14.7. The van der Waals surface area contributed by atoms with Gasteiger partial charge in [-0.3, -0.25) is 4.99 Å².